The number of nitrogens with one attached hydrogen (secondary N) is 1. The molecular weight excluding hydrogens is 496 g/mol. The molecule has 6 rings (SSSR count). The van der Waals surface area contributed by atoms with E-state index in [1.54, 1.807) is 17.1 Å². The van der Waals surface area contributed by atoms with Gasteiger partial charge in [0.15, 0.2) is 0 Å². The number of aromatic nitrogens is 6. The average Bonchev–Trinajstić information content (AvgIpc) is 3.51. The monoisotopic (exact) mass is 528 g/mol. The Balaban J connectivity index is 1.25. The SMILES string of the molecule is Cn1cc(Nc2nccc(-c3ccc4c(c3)CN(CCO)CCC4CC(=O)c3nnc(C4CCC4)o3)n2)cn1. The molecule has 2 N–H and O–H groups in total. The maximum absolute atomic E-state index is 13.2. The number of fused-ring (bicyclic) bond motifs is 1. The highest BCUT2D eigenvalue weighted by molar-refractivity contribution is 5.92. The number of hydrogen-bond acceptors (Lipinski definition) is 10. The van der Waals surface area contributed by atoms with Gasteiger partial charge in [-0.05, 0) is 55.0 Å². The summed E-state index contributed by atoms with van der Waals surface area (Å²) in [5.41, 5.74) is 4.82. The van der Waals surface area contributed by atoms with Gasteiger partial charge in [0.25, 0.3) is 5.89 Å². The van der Waals surface area contributed by atoms with Crippen LogP contribution in [0.4, 0.5) is 11.6 Å². The van der Waals surface area contributed by atoms with Crippen molar-refractivity contribution in [1.82, 2.24) is 34.8 Å². The minimum absolute atomic E-state index is 0.0116. The van der Waals surface area contributed by atoms with E-state index < -0.39 is 0 Å². The Kier molecular flexibility index (Phi) is 7.16. The zero-order valence-electron chi connectivity index (χ0n) is 22.0. The molecule has 0 bridgehead atoms. The Bertz CT molecular complexity index is 1460. The van der Waals surface area contributed by atoms with Crippen molar-refractivity contribution >= 4 is 17.4 Å². The Hall–Kier alpha value is -3.96. The molecule has 1 unspecified atom stereocenters. The van der Waals surface area contributed by atoms with Crippen molar-refractivity contribution in [2.24, 2.45) is 7.05 Å². The summed E-state index contributed by atoms with van der Waals surface area (Å²) >= 11 is 0. The molecule has 202 valence electrons. The topological polar surface area (TPSA) is 135 Å². The third-order valence-electron chi connectivity index (χ3n) is 7.66. The molecular formula is C28H32N8O3. The number of aliphatic hydroxyl groups excluding tert-OH is 1. The normalized spacial score (nSPS) is 17.8. The third-order valence-corrected chi connectivity index (χ3v) is 7.66. The summed E-state index contributed by atoms with van der Waals surface area (Å²) in [6.07, 6.45) is 9.67. The first kappa shape index (κ1) is 25.3. The second-order valence-corrected chi connectivity index (χ2v) is 10.4. The van der Waals surface area contributed by atoms with Gasteiger partial charge in [-0.15, -0.1) is 10.2 Å². The van der Waals surface area contributed by atoms with Crippen molar-refractivity contribution in [2.45, 2.75) is 50.5 Å². The Morgan fingerprint density at radius 1 is 1.21 bits per heavy atom. The zero-order chi connectivity index (χ0) is 26.8. The first-order valence-corrected chi connectivity index (χ1v) is 13.5. The third kappa shape index (κ3) is 5.59. The van der Waals surface area contributed by atoms with Gasteiger partial charge in [-0.2, -0.15) is 5.10 Å². The second kappa shape index (κ2) is 11.0. The second-order valence-electron chi connectivity index (χ2n) is 10.4. The molecule has 1 fully saturated rings. The highest BCUT2D eigenvalue weighted by Crippen LogP contribution is 2.37. The van der Waals surface area contributed by atoms with Gasteiger partial charge in [-0.3, -0.25) is 14.4 Å². The van der Waals surface area contributed by atoms with Crippen LogP contribution in [0.1, 0.15) is 71.6 Å². The molecule has 39 heavy (non-hydrogen) atoms. The number of β-amino-alcohol motifs (C(OH)–C–C–N with tert-alkyl or cyclic N) is 1. The van der Waals surface area contributed by atoms with Crippen molar-refractivity contribution in [3.8, 4) is 11.3 Å². The van der Waals surface area contributed by atoms with E-state index in [0.29, 0.717) is 37.3 Å². The first-order valence-electron chi connectivity index (χ1n) is 13.5. The van der Waals surface area contributed by atoms with E-state index in [0.717, 1.165) is 53.9 Å². The van der Waals surface area contributed by atoms with Crippen LogP contribution < -0.4 is 5.32 Å². The highest BCUT2D eigenvalue weighted by atomic mass is 16.4. The molecule has 11 nitrogen and oxygen atoms in total. The lowest BCUT2D eigenvalue weighted by atomic mass is 9.85. The van der Waals surface area contributed by atoms with E-state index in [9.17, 15) is 9.90 Å². The lowest BCUT2D eigenvalue weighted by Gasteiger charge is -2.20. The number of benzene rings is 1. The summed E-state index contributed by atoms with van der Waals surface area (Å²) in [6, 6.07) is 8.18. The molecule has 1 aliphatic carbocycles. The lowest BCUT2D eigenvalue weighted by molar-refractivity contribution is 0.0933. The summed E-state index contributed by atoms with van der Waals surface area (Å²) in [4.78, 5) is 24.5. The fraction of sp³-hybridized carbons (Fsp3) is 0.429. The number of anilines is 2. The van der Waals surface area contributed by atoms with Gasteiger partial charge in [0.2, 0.25) is 17.6 Å². The predicted octanol–water partition coefficient (Wildman–Crippen LogP) is 3.83. The van der Waals surface area contributed by atoms with E-state index in [1.807, 2.05) is 19.3 Å². The van der Waals surface area contributed by atoms with Crippen LogP contribution in [0.2, 0.25) is 0 Å². The molecule has 2 aliphatic rings. The fourth-order valence-electron chi connectivity index (χ4n) is 5.33. The van der Waals surface area contributed by atoms with E-state index >= 15 is 0 Å². The van der Waals surface area contributed by atoms with Crippen molar-refractivity contribution < 1.29 is 14.3 Å². The van der Waals surface area contributed by atoms with Gasteiger partial charge in [-0.25, -0.2) is 9.97 Å². The smallest absolute Gasteiger partial charge is 0.284 e. The number of aliphatic hydroxyl groups is 1. The van der Waals surface area contributed by atoms with Crippen molar-refractivity contribution in [2.75, 3.05) is 25.0 Å². The van der Waals surface area contributed by atoms with E-state index in [2.05, 4.69) is 48.7 Å². The van der Waals surface area contributed by atoms with Crippen LogP contribution in [0.25, 0.3) is 11.3 Å². The van der Waals surface area contributed by atoms with E-state index in [1.165, 1.54) is 6.42 Å². The predicted molar refractivity (Wildman–Crippen MR) is 144 cm³/mol. The minimum Gasteiger partial charge on any atom is -0.418 e. The number of Topliss-reactive ketones (excluding diaryl/α,β-unsaturated/α-hetero) is 1. The Morgan fingerprint density at radius 2 is 2.10 bits per heavy atom. The van der Waals surface area contributed by atoms with Crippen LogP contribution in [0.3, 0.4) is 0 Å². The van der Waals surface area contributed by atoms with Crippen LogP contribution in [0.5, 0.6) is 0 Å². The molecule has 0 saturated heterocycles. The number of rotatable bonds is 9. The number of aryl methyl sites for hydroxylation is 1. The number of hydrogen-bond donors (Lipinski definition) is 2. The summed E-state index contributed by atoms with van der Waals surface area (Å²) in [7, 11) is 1.85. The number of ketones is 1. The molecule has 1 saturated carbocycles. The maximum atomic E-state index is 13.2. The van der Waals surface area contributed by atoms with Crippen LogP contribution in [0.15, 0.2) is 47.3 Å². The van der Waals surface area contributed by atoms with Crippen LogP contribution in [-0.4, -0.2) is 65.4 Å². The molecule has 11 heteroatoms. The molecule has 0 amide bonds. The summed E-state index contributed by atoms with van der Waals surface area (Å²) in [6.45, 7) is 2.13. The number of nitrogens with zero attached hydrogens (tertiary/aromatic N) is 7. The molecule has 4 heterocycles. The van der Waals surface area contributed by atoms with Crippen LogP contribution in [-0.2, 0) is 13.6 Å². The van der Waals surface area contributed by atoms with Gasteiger partial charge in [0, 0.05) is 50.4 Å². The number of carbonyl (C=O) groups excluding carboxylic acids is 1. The largest absolute Gasteiger partial charge is 0.418 e. The fourth-order valence-corrected chi connectivity index (χ4v) is 5.33. The van der Waals surface area contributed by atoms with Crippen LogP contribution in [0, 0.1) is 0 Å². The quantitative estimate of drug-likeness (QED) is 0.309. The Labute approximate surface area is 226 Å². The number of carbonyl (C=O) groups is 1. The van der Waals surface area contributed by atoms with Gasteiger partial charge in [-0.1, -0.05) is 18.6 Å². The summed E-state index contributed by atoms with van der Waals surface area (Å²) < 4.78 is 7.47. The minimum atomic E-state index is -0.120. The van der Waals surface area contributed by atoms with Crippen molar-refractivity contribution in [1.29, 1.82) is 0 Å². The highest BCUT2D eigenvalue weighted by Gasteiger charge is 2.29. The molecule has 1 aromatic carbocycles. The molecule has 0 spiro atoms. The summed E-state index contributed by atoms with van der Waals surface area (Å²) in [5.74, 6) is 1.38. The van der Waals surface area contributed by atoms with Crippen molar-refractivity contribution in [3.05, 3.63) is 65.8 Å². The van der Waals surface area contributed by atoms with Gasteiger partial charge < -0.3 is 14.8 Å². The molecule has 1 aliphatic heterocycles. The molecule has 4 aromatic rings. The lowest BCUT2D eigenvalue weighted by Crippen LogP contribution is -2.26. The van der Waals surface area contributed by atoms with E-state index in [-0.39, 0.29) is 24.2 Å². The van der Waals surface area contributed by atoms with Gasteiger partial charge in [0.1, 0.15) is 0 Å². The average molecular weight is 529 g/mol. The van der Waals surface area contributed by atoms with Gasteiger partial charge in [0.05, 0.1) is 24.2 Å². The Morgan fingerprint density at radius 3 is 2.87 bits per heavy atom. The van der Waals surface area contributed by atoms with Gasteiger partial charge >= 0.3 is 0 Å². The zero-order valence-corrected chi connectivity index (χ0v) is 22.0. The standard InChI is InChI=1S/C28H32N8O3/c1-35-17-22(15-30-35)31-28-29-9-7-24(32-28)20-5-6-23-19(8-10-36(11-12-37)16-21(23)13-20)14-25(38)27-34-33-26(39-27)18-3-2-4-18/h5-7,9,13,15,17-19,37H,2-4,8,10-12,14,16H2,1H3,(H,29,31,32). The maximum Gasteiger partial charge on any atom is 0.284 e. The molecule has 3 aromatic heterocycles. The molecule has 0 radical (unpaired) electrons. The molecule has 1 atom stereocenters. The summed E-state index contributed by atoms with van der Waals surface area (Å²) in [5, 5.41) is 25.2. The van der Waals surface area contributed by atoms with Crippen LogP contribution >= 0.6 is 0 Å². The van der Waals surface area contributed by atoms with Crippen molar-refractivity contribution in [3.63, 3.8) is 0 Å². The first-order chi connectivity index (χ1) is 19.1. The van der Waals surface area contributed by atoms with E-state index in [4.69, 9.17) is 9.40 Å².